The van der Waals surface area contributed by atoms with Crippen LogP contribution in [0.25, 0.3) is 0 Å². The van der Waals surface area contributed by atoms with Gasteiger partial charge < -0.3 is 0 Å². The van der Waals surface area contributed by atoms with Gasteiger partial charge in [-0.2, -0.15) is 14.9 Å². The Hall–Kier alpha value is -1.75. The molecule has 1 aromatic carbocycles. The van der Waals surface area contributed by atoms with Gasteiger partial charge in [-0.3, -0.25) is 5.10 Å². The Balaban J connectivity index is 1.82. The van der Waals surface area contributed by atoms with E-state index < -0.39 is 0 Å². The quantitative estimate of drug-likeness (QED) is 0.618. The molecule has 128 valence electrons. The van der Waals surface area contributed by atoms with Crippen molar-refractivity contribution >= 4 is 18.4 Å². The minimum absolute atomic E-state index is 0.164. The molecule has 1 aliphatic carbocycles. The van der Waals surface area contributed by atoms with Gasteiger partial charge in [0.1, 0.15) is 0 Å². The molecular formula is C19H26N4S. The minimum Gasteiger partial charge on any atom is -0.250 e. The molecule has 1 saturated carbocycles. The molecule has 5 heteroatoms. The second kappa shape index (κ2) is 7.01. The third-order valence-corrected chi connectivity index (χ3v) is 5.01. The third-order valence-electron chi connectivity index (χ3n) is 4.74. The fourth-order valence-electron chi connectivity index (χ4n) is 3.23. The minimum atomic E-state index is 0.164. The van der Waals surface area contributed by atoms with E-state index in [1.165, 1.54) is 37.7 Å². The second-order valence-electron chi connectivity index (χ2n) is 7.65. The standard InChI is InChI=1S/C19H26N4S/c1-19(2,3)16-11-9-14(10-12-16)13-20-23-17(21-22-18(23)24)15-7-5-4-6-8-15/h9-13,15H,4-8H2,1-3H3,(H,22,24)/b20-13+. The Morgan fingerprint density at radius 1 is 1.17 bits per heavy atom. The number of nitrogens with zero attached hydrogens (tertiary/aromatic N) is 3. The molecule has 2 aromatic rings. The van der Waals surface area contributed by atoms with Crippen LogP contribution in [0.1, 0.15) is 75.7 Å². The van der Waals surface area contributed by atoms with E-state index in [2.05, 4.69) is 60.3 Å². The maximum Gasteiger partial charge on any atom is 0.216 e. The number of aromatic nitrogens is 3. The molecule has 0 saturated heterocycles. The molecule has 0 radical (unpaired) electrons. The average molecular weight is 343 g/mol. The Morgan fingerprint density at radius 3 is 2.46 bits per heavy atom. The smallest absolute Gasteiger partial charge is 0.216 e. The van der Waals surface area contributed by atoms with Crippen LogP contribution in [-0.2, 0) is 5.41 Å². The number of benzene rings is 1. The molecule has 0 bridgehead atoms. The molecule has 1 fully saturated rings. The van der Waals surface area contributed by atoms with Gasteiger partial charge in [0.2, 0.25) is 4.77 Å². The number of H-pyrrole nitrogens is 1. The SMILES string of the molecule is CC(C)(C)c1ccc(/C=N/n2c(C3CCCCC3)n[nH]c2=S)cc1. The summed E-state index contributed by atoms with van der Waals surface area (Å²) in [6.07, 6.45) is 8.07. The Morgan fingerprint density at radius 2 is 1.83 bits per heavy atom. The monoisotopic (exact) mass is 342 g/mol. The second-order valence-corrected chi connectivity index (χ2v) is 8.04. The van der Waals surface area contributed by atoms with Crippen LogP contribution < -0.4 is 0 Å². The summed E-state index contributed by atoms with van der Waals surface area (Å²) in [5.41, 5.74) is 2.56. The van der Waals surface area contributed by atoms with Crippen LogP contribution in [0.3, 0.4) is 0 Å². The lowest BCUT2D eigenvalue weighted by Crippen LogP contribution is -2.11. The Bertz CT molecular complexity index is 756. The van der Waals surface area contributed by atoms with E-state index in [0.29, 0.717) is 10.7 Å². The van der Waals surface area contributed by atoms with Gasteiger partial charge in [0.25, 0.3) is 0 Å². The van der Waals surface area contributed by atoms with Crippen molar-refractivity contribution in [2.24, 2.45) is 5.10 Å². The largest absolute Gasteiger partial charge is 0.250 e. The Kier molecular flexibility index (Phi) is 4.99. The van der Waals surface area contributed by atoms with Gasteiger partial charge >= 0.3 is 0 Å². The number of hydrogen-bond donors (Lipinski definition) is 1. The molecule has 4 nitrogen and oxygen atoms in total. The van der Waals surface area contributed by atoms with E-state index in [-0.39, 0.29) is 5.41 Å². The molecule has 0 unspecified atom stereocenters. The van der Waals surface area contributed by atoms with Gasteiger partial charge in [-0.05, 0) is 41.6 Å². The first-order valence-electron chi connectivity index (χ1n) is 8.77. The van der Waals surface area contributed by atoms with Crippen LogP contribution in [0.2, 0.25) is 0 Å². The highest BCUT2D eigenvalue weighted by atomic mass is 32.1. The molecular weight excluding hydrogens is 316 g/mol. The van der Waals surface area contributed by atoms with Crippen LogP contribution in [0.4, 0.5) is 0 Å². The van der Waals surface area contributed by atoms with E-state index in [1.54, 1.807) is 4.68 Å². The molecule has 0 amide bonds. The predicted molar refractivity (Wildman–Crippen MR) is 101 cm³/mol. The van der Waals surface area contributed by atoms with Crippen molar-refractivity contribution in [1.29, 1.82) is 0 Å². The van der Waals surface area contributed by atoms with Crippen molar-refractivity contribution in [3.8, 4) is 0 Å². The zero-order chi connectivity index (χ0) is 17.2. The summed E-state index contributed by atoms with van der Waals surface area (Å²) < 4.78 is 2.36. The van der Waals surface area contributed by atoms with Crippen LogP contribution in [0.5, 0.6) is 0 Å². The van der Waals surface area contributed by atoms with Gasteiger partial charge in [0.05, 0.1) is 6.21 Å². The van der Waals surface area contributed by atoms with Crippen molar-refractivity contribution in [3.63, 3.8) is 0 Å². The predicted octanol–water partition coefficient (Wildman–Crippen LogP) is 5.17. The van der Waals surface area contributed by atoms with Gasteiger partial charge in [-0.1, -0.05) is 64.3 Å². The van der Waals surface area contributed by atoms with Gasteiger partial charge in [0.15, 0.2) is 5.82 Å². The number of rotatable bonds is 3. The summed E-state index contributed by atoms with van der Waals surface area (Å²) in [5.74, 6) is 1.44. The highest BCUT2D eigenvalue weighted by Gasteiger charge is 2.21. The number of hydrogen-bond acceptors (Lipinski definition) is 3. The van der Waals surface area contributed by atoms with Crippen molar-refractivity contribution in [3.05, 3.63) is 46.0 Å². The van der Waals surface area contributed by atoms with E-state index in [1.807, 2.05) is 6.21 Å². The van der Waals surface area contributed by atoms with Crippen molar-refractivity contribution < 1.29 is 0 Å². The van der Waals surface area contributed by atoms with E-state index in [4.69, 9.17) is 12.2 Å². The summed E-state index contributed by atoms with van der Waals surface area (Å²) in [4.78, 5) is 0. The van der Waals surface area contributed by atoms with E-state index >= 15 is 0 Å². The van der Waals surface area contributed by atoms with Gasteiger partial charge in [-0.25, -0.2) is 0 Å². The topological polar surface area (TPSA) is 46.0 Å². The fraction of sp³-hybridized carbons (Fsp3) is 0.526. The molecule has 1 heterocycles. The molecule has 1 aliphatic rings. The first-order valence-corrected chi connectivity index (χ1v) is 9.18. The molecule has 0 atom stereocenters. The van der Waals surface area contributed by atoms with Crippen molar-refractivity contribution in [2.75, 3.05) is 0 Å². The maximum atomic E-state index is 5.36. The molecule has 1 N–H and O–H groups in total. The van der Waals surface area contributed by atoms with Crippen LogP contribution in [0, 0.1) is 4.77 Å². The summed E-state index contributed by atoms with van der Waals surface area (Å²) in [6.45, 7) is 6.66. The third kappa shape index (κ3) is 3.83. The van der Waals surface area contributed by atoms with Crippen LogP contribution in [0.15, 0.2) is 29.4 Å². The average Bonchev–Trinajstić information content (AvgIpc) is 2.94. The van der Waals surface area contributed by atoms with E-state index in [0.717, 1.165) is 11.4 Å². The summed E-state index contributed by atoms with van der Waals surface area (Å²) >= 11 is 5.36. The van der Waals surface area contributed by atoms with Crippen LogP contribution >= 0.6 is 12.2 Å². The zero-order valence-electron chi connectivity index (χ0n) is 14.7. The summed E-state index contributed by atoms with van der Waals surface area (Å²) in [6, 6.07) is 8.54. The maximum absolute atomic E-state index is 5.36. The number of nitrogens with one attached hydrogen (secondary N) is 1. The van der Waals surface area contributed by atoms with Gasteiger partial charge in [-0.15, -0.1) is 0 Å². The normalized spacial score (nSPS) is 16.8. The van der Waals surface area contributed by atoms with Crippen molar-refractivity contribution in [1.82, 2.24) is 14.9 Å². The highest BCUT2D eigenvalue weighted by molar-refractivity contribution is 7.71. The zero-order valence-corrected chi connectivity index (χ0v) is 15.6. The molecule has 0 aliphatic heterocycles. The van der Waals surface area contributed by atoms with Gasteiger partial charge in [0, 0.05) is 5.92 Å². The lowest BCUT2D eigenvalue weighted by Gasteiger charge is -2.20. The summed E-state index contributed by atoms with van der Waals surface area (Å²) in [7, 11) is 0. The highest BCUT2D eigenvalue weighted by Crippen LogP contribution is 2.31. The van der Waals surface area contributed by atoms with Crippen molar-refractivity contribution in [2.45, 2.75) is 64.2 Å². The number of aromatic amines is 1. The molecule has 24 heavy (non-hydrogen) atoms. The molecule has 3 rings (SSSR count). The Labute approximate surface area is 149 Å². The lowest BCUT2D eigenvalue weighted by atomic mass is 9.87. The first-order chi connectivity index (χ1) is 11.4. The first kappa shape index (κ1) is 17.1. The molecule has 0 spiro atoms. The molecule has 1 aromatic heterocycles. The lowest BCUT2D eigenvalue weighted by molar-refractivity contribution is 0.419. The fourth-order valence-corrected chi connectivity index (χ4v) is 3.42. The van der Waals surface area contributed by atoms with E-state index in [9.17, 15) is 0 Å². The van der Waals surface area contributed by atoms with Crippen LogP contribution in [-0.4, -0.2) is 21.1 Å². The summed E-state index contributed by atoms with van der Waals surface area (Å²) in [5, 5.41) is 11.9.